The number of nitrogens with one attached hydrogen (secondary N) is 1. The predicted molar refractivity (Wildman–Crippen MR) is 126 cm³/mol. The minimum Gasteiger partial charge on any atom is -0.494 e. The van der Waals surface area contributed by atoms with E-state index in [0.29, 0.717) is 12.5 Å². The van der Waals surface area contributed by atoms with E-state index in [4.69, 9.17) is 9.47 Å². The molecule has 0 fully saturated rings. The molecule has 0 saturated carbocycles. The molecule has 3 rings (SSSR count). The van der Waals surface area contributed by atoms with Gasteiger partial charge in [0.05, 0.1) is 6.61 Å². The Bertz CT molecular complexity index is 888. The molecule has 0 aliphatic carbocycles. The fourth-order valence-corrected chi connectivity index (χ4v) is 3.38. The van der Waals surface area contributed by atoms with Crippen molar-refractivity contribution in [2.75, 3.05) is 25.1 Å². The van der Waals surface area contributed by atoms with Crippen molar-refractivity contribution >= 4 is 5.69 Å². The van der Waals surface area contributed by atoms with Gasteiger partial charge in [0.25, 0.3) is 0 Å². The minimum atomic E-state index is 0.453. The van der Waals surface area contributed by atoms with Crippen LogP contribution in [0, 0.1) is 6.92 Å². The van der Waals surface area contributed by atoms with E-state index in [2.05, 4.69) is 80.7 Å². The first-order valence-corrected chi connectivity index (χ1v) is 10.9. The minimum absolute atomic E-state index is 0.453. The van der Waals surface area contributed by atoms with Gasteiger partial charge in [-0.2, -0.15) is 0 Å². The number of anilines is 1. The highest BCUT2D eigenvalue weighted by atomic mass is 16.5. The third-order valence-corrected chi connectivity index (χ3v) is 5.06. The molecule has 1 N–H and O–H groups in total. The Morgan fingerprint density at radius 2 is 1.60 bits per heavy atom. The van der Waals surface area contributed by atoms with Gasteiger partial charge in [-0.25, -0.2) is 0 Å². The molecule has 0 unspecified atom stereocenters. The van der Waals surface area contributed by atoms with Crippen LogP contribution in [0.4, 0.5) is 5.69 Å². The summed E-state index contributed by atoms with van der Waals surface area (Å²) in [4.78, 5) is 0. The molecule has 3 nitrogen and oxygen atoms in total. The standard InChI is InChI=1S/C27H33NO2/c1-21(2)26-16-11-22(3)20-27(26)30-19-17-28-24-12-14-25(15-13-24)29-18-7-10-23-8-5-4-6-9-23/h4-6,8-9,11-16,20-21,28H,7,10,17-19H2,1-3H3. The molecule has 3 aromatic rings. The Balaban J connectivity index is 1.37. The topological polar surface area (TPSA) is 30.5 Å². The molecule has 0 heterocycles. The monoisotopic (exact) mass is 403 g/mol. The molecular formula is C27H33NO2. The summed E-state index contributed by atoms with van der Waals surface area (Å²) in [5, 5.41) is 3.41. The Morgan fingerprint density at radius 1 is 0.833 bits per heavy atom. The molecular weight excluding hydrogens is 370 g/mol. The highest BCUT2D eigenvalue weighted by molar-refractivity contribution is 5.46. The maximum absolute atomic E-state index is 6.04. The van der Waals surface area contributed by atoms with Crippen LogP contribution in [-0.4, -0.2) is 19.8 Å². The molecule has 0 amide bonds. The summed E-state index contributed by atoms with van der Waals surface area (Å²) in [6.07, 6.45) is 2.05. The summed E-state index contributed by atoms with van der Waals surface area (Å²) in [5.74, 6) is 2.35. The van der Waals surface area contributed by atoms with Crippen molar-refractivity contribution in [3.05, 3.63) is 89.5 Å². The first kappa shape index (κ1) is 21.8. The number of aryl methyl sites for hydroxylation is 2. The van der Waals surface area contributed by atoms with E-state index in [1.54, 1.807) is 0 Å². The number of rotatable bonds is 11. The lowest BCUT2D eigenvalue weighted by atomic mass is 10.0. The average Bonchev–Trinajstić information content (AvgIpc) is 2.76. The van der Waals surface area contributed by atoms with Crippen LogP contribution in [0.3, 0.4) is 0 Å². The van der Waals surface area contributed by atoms with Gasteiger partial charge in [0.2, 0.25) is 0 Å². The SMILES string of the molecule is Cc1ccc(C(C)C)c(OCCNc2ccc(OCCCc3ccccc3)cc2)c1. The molecule has 158 valence electrons. The van der Waals surface area contributed by atoms with E-state index in [1.165, 1.54) is 16.7 Å². The van der Waals surface area contributed by atoms with Crippen LogP contribution in [0.5, 0.6) is 11.5 Å². The van der Waals surface area contributed by atoms with Crippen molar-refractivity contribution in [3.8, 4) is 11.5 Å². The maximum atomic E-state index is 6.04. The Kier molecular flexibility index (Phi) is 8.20. The second-order valence-electron chi connectivity index (χ2n) is 7.93. The van der Waals surface area contributed by atoms with Gasteiger partial charge < -0.3 is 14.8 Å². The van der Waals surface area contributed by atoms with Gasteiger partial charge in [-0.3, -0.25) is 0 Å². The van der Waals surface area contributed by atoms with Gasteiger partial charge >= 0.3 is 0 Å². The third-order valence-electron chi connectivity index (χ3n) is 5.06. The van der Waals surface area contributed by atoms with Crippen LogP contribution in [0.1, 0.15) is 42.9 Å². The molecule has 3 heteroatoms. The lowest BCUT2D eigenvalue weighted by Crippen LogP contribution is -2.12. The van der Waals surface area contributed by atoms with Gasteiger partial charge in [0.15, 0.2) is 0 Å². The third kappa shape index (κ3) is 6.84. The van der Waals surface area contributed by atoms with Crippen molar-refractivity contribution < 1.29 is 9.47 Å². The molecule has 3 aromatic carbocycles. The van der Waals surface area contributed by atoms with Crippen LogP contribution in [-0.2, 0) is 6.42 Å². The largest absolute Gasteiger partial charge is 0.494 e. The van der Waals surface area contributed by atoms with E-state index in [1.807, 2.05) is 18.2 Å². The lowest BCUT2D eigenvalue weighted by molar-refractivity contribution is 0.311. The molecule has 0 saturated heterocycles. The zero-order valence-electron chi connectivity index (χ0n) is 18.4. The van der Waals surface area contributed by atoms with Gasteiger partial charge in [0.1, 0.15) is 18.1 Å². The summed E-state index contributed by atoms with van der Waals surface area (Å²) in [6, 6.07) is 25.1. The van der Waals surface area contributed by atoms with Gasteiger partial charge in [-0.15, -0.1) is 0 Å². The molecule has 0 bridgehead atoms. The highest BCUT2D eigenvalue weighted by Crippen LogP contribution is 2.27. The van der Waals surface area contributed by atoms with Crippen molar-refractivity contribution in [3.63, 3.8) is 0 Å². The number of hydrogen-bond acceptors (Lipinski definition) is 3. The van der Waals surface area contributed by atoms with Crippen molar-refractivity contribution in [2.45, 2.75) is 39.5 Å². The summed E-state index contributed by atoms with van der Waals surface area (Å²) >= 11 is 0. The molecule has 0 radical (unpaired) electrons. The summed E-state index contributed by atoms with van der Waals surface area (Å²) in [5.41, 5.74) is 4.91. The Labute approximate surface area is 181 Å². The molecule has 0 atom stereocenters. The second-order valence-corrected chi connectivity index (χ2v) is 7.93. The fourth-order valence-electron chi connectivity index (χ4n) is 3.38. The zero-order valence-corrected chi connectivity index (χ0v) is 18.4. The van der Waals surface area contributed by atoms with E-state index < -0.39 is 0 Å². The smallest absolute Gasteiger partial charge is 0.123 e. The van der Waals surface area contributed by atoms with Gasteiger partial charge in [-0.05, 0) is 72.7 Å². The normalized spacial score (nSPS) is 10.8. The maximum Gasteiger partial charge on any atom is 0.123 e. The molecule has 30 heavy (non-hydrogen) atoms. The highest BCUT2D eigenvalue weighted by Gasteiger charge is 2.08. The lowest BCUT2D eigenvalue weighted by Gasteiger charge is -2.15. The summed E-state index contributed by atoms with van der Waals surface area (Å²) in [7, 11) is 0. The quantitative estimate of drug-likeness (QED) is 0.365. The van der Waals surface area contributed by atoms with Crippen LogP contribution in [0.25, 0.3) is 0 Å². The van der Waals surface area contributed by atoms with E-state index >= 15 is 0 Å². The van der Waals surface area contributed by atoms with Crippen LogP contribution in [0.2, 0.25) is 0 Å². The number of ether oxygens (including phenoxy) is 2. The van der Waals surface area contributed by atoms with Crippen molar-refractivity contribution in [1.82, 2.24) is 0 Å². The molecule has 0 aromatic heterocycles. The predicted octanol–water partition coefficient (Wildman–Crippen LogP) is 6.62. The first-order chi connectivity index (χ1) is 14.6. The van der Waals surface area contributed by atoms with Crippen LogP contribution in [0.15, 0.2) is 72.8 Å². The second kappa shape index (κ2) is 11.3. The number of hydrogen-bond donors (Lipinski definition) is 1. The Hall–Kier alpha value is -2.94. The summed E-state index contributed by atoms with van der Waals surface area (Å²) in [6.45, 7) is 8.59. The van der Waals surface area contributed by atoms with Gasteiger partial charge in [-0.1, -0.05) is 56.3 Å². The molecule has 0 aliphatic heterocycles. The average molecular weight is 404 g/mol. The fraction of sp³-hybridized carbons (Fsp3) is 0.333. The number of benzene rings is 3. The zero-order chi connectivity index (χ0) is 21.2. The van der Waals surface area contributed by atoms with Crippen molar-refractivity contribution in [2.24, 2.45) is 0 Å². The van der Waals surface area contributed by atoms with Crippen molar-refractivity contribution in [1.29, 1.82) is 0 Å². The Morgan fingerprint density at radius 3 is 2.33 bits per heavy atom. The van der Waals surface area contributed by atoms with E-state index in [0.717, 1.165) is 43.2 Å². The van der Waals surface area contributed by atoms with Crippen LogP contribution >= 0.6 is 0 Å². The first-order valence-electron chi connectivity index (χ1n) is 10.9. The van der Waals surface area contributed by atoms with E-state index in [-0.39, 0.29) is 0 Å². The van der Waals surface area contributed by atoms with Gasteiger partial charge in [0, 0.05) is 12.2 Å². The van der Waals surface area contributed by atoms with E-state index in [9.17, 15) is 0 Å². The molecule has 0 spiro atoms. The summed E-state index contributed by atoms with van der Waals surface area (Å²) < 4.78 is 11.9. The molecule has 0 aliphatic rings. The van der Waals surface area contributed by atoms with Crippen LogP contribution < -0.4 is 14.8 Å².